The number of rotatable bonds is 4. The number of fused-ring (bicyclic) bond motifs is 3. The van der Waals surface area contributed by atoms with Gasteiger partial charge in [-0.2, -0.15) is 0 Å². The molecule has 3 aromatic carbocycles. The third-order valence-corrected chi connectivity index (χ3v) is 7.41. The molecule has 0 saturated heterocycles. The molecular formula is C31H25ClN2O3. The molecule has 2 heterocycles. The zero-order chi connectivity index (χ0) is 25.5. The van der Waals surface area contributed by atoms with E-state index in [9.17, 15) is 9.59 Å². The summed E-state index contributed by atoms with van der Waals surface area (Å²) in [5, 5.41) is 1.43. The summed E-state index contributed by atoms with van der Waals surface area (Å²) in [4.78, 5) is 33.3. The Balaban J connectivity index is 1.31. The van der Waals surface area contributed by atoms with Gasteiger partial charge in [-0.3, -0.25) is 4.79 Å². The van der Waals surface area contributed by atoms with Crippen LogP contribution in [0.3, 0.4) is 0 Å². The van der Waals surface area contributed by atoms with Gasteiger partial charge in [0.05, 0.1) is 16.8 Å². The quantitative estimate of drug-likeness (QED) is 0.295. The molecule has 0 bridgehead atoms. The Morgan fingerprint density at radius 2 is 1.78 bits per heavy atom. The number of hydrogen-bond acceptors (Lipinski definition) is 4. The average Bonchev–Trinajstić information content (AvgIpc) is 3.46. The third kappa shape index (κ3) is 4.30. The van der Waals surface area contributed by atoms with Crippen molar-refractivity contribution in [3.63, 3.8) is 0 Å². The fraction of sp³-hybridized carbons (Fsp3) is 0.194. The van der Waals surface area contributed by atoms with Gasteiger partial charge in [-0.15, -0.1) is 0 Å². The molecule has 37 heavy (non-hydrogen) atoms. The number of benzene rings is 3. The van der Waals surface area contributed by atoms with Crippen LogP contribution in [-0.4, -0.2) is 29.5 Å². The summed E-state index contributed by atoms with van der Waals surface area (Å²) in [6, 6.07) is 23.1. The molecule has 4 aromatic rings. The van der Waals surface area contributed by atoms with E-state index in [1.165, 1.54) is 0 Å². The number of hydrogen-bond donors (Lipinski definition) is 0. The molecule has 1 aliphatic heterocycles. The predicted octanol–water partition coefficient (Wildman–Crippen LogP) is 6.51. The molecule has 1 unspecified atom stereocenters. The molecule has 0 fully saturated rings. The van der Waals surface area contributed by atoms with Crippen molar-refractivity contribution in [1.82, 2.24) is 4.98 Å². The molecule has 1 atom stereocenters. The van der Waals surface area contributed by atoms with Crippen molar-refractivity contribution >= 4 is 51.7 Å². The minimum absolute atomic E-state index is 0.0233. The van der Waals surface area contributed by atoms with E-state index in [1.807, 2.05) is 79.7 Å². The van der Waals surface area contributed by atoms with Gasteiger partial charge in [0.25, 0.3) is 5.91 Å². The Bertz CT molecular complexity index is 1580. The first-order valence-electron chi connectivity index (χ1n) is 12.4. The van der Waals surface area contributed by atoms with E-state index in [0.717, 1.165) is 57.4 Å². The smallest absolute Gasteiger partial charge is 0.339 e. The van der Waals surface area contributed by atoms with Crippen LogP contribution in [0.1, 0.15) is 46.1 Å². The second kappa shape index (κ2) is 9.49. The van der Waals surface area contributed by atoms with Gasteiger partial charge in [0, 0.05) is 22.1 Å². The maximum atomic E-state index is 13.5. The summed E-state index contributed by atoms with van der Waals surface area (Å²) in [5.41, 5.74) is 7.03. The highest BCUT2D eigenvalue weighted by atomic mass is 35.5. The lowest BCUT2D eigenvalue weighted by atomic mass is 10.0. The minimum atomic E-state index is -0.490. The van der Waals surface area contributed by atoms with Gasteiger partial charge in [0.1, 0.15) is 0 Å². The molecule has 2 aliphatic rings. The zero-order valence-corrected chi connectivity index (χ0v) is 21.2. The highest BCUT2D eigenvalue weighted by Gasteiger charge is 2.32. The summed E-state index contributed by atoms with van der Waals surface area (Å²) in [6.45, 7) is 1.70. The van der Waals surface area contributed by atoms with Gasteiger partial charge in [0.2, 0.25) is 0 Å². The number of amides is 1. The molecule has 0 N–H and O–H groups in total. The van der Waals surface area contributed by atoms with Gasteiger partial charge >= 0.3 is 5.97 Å². The Hall–Kier alpha value is -3.96. The number of halogens is 1. The SMILES string of the molecule is CC1Cc2ccccc2N1C(=O)COC(=O)c1c2c(nc3ccccc13)C(=Cc1ccc(Cl)cc1)CC2. The van der Waals surface area contributed by atoms with Crippen LogP contribution in [-0.2, 0) is 22.4 Å². The van der Waals surface area contributed by atoms with Gasteiger partial charge in [-0.1, -0.05) is 60.1 Å². The highest BCUT2D eigenvalue weighted by molar-refractivity contribution is 6.30. The van der Waals surface area contributed by atoms with Crippen molar-refractivity contribution < 1.29 is 14.3 Å². The molecule has 1 aliphatic carbocycles. The van der Waals surface area contributed by atoms with Crippen LogP contribution in [0.5, 0.6) is 0 Å². The number of aromatic nitrogens is 1. The van der Waals surface area contributed by atoms with Crippen LogP contribution < -0.4 is 4.90 Å². The van der Waals surface area contributed by atoms with Gasteiger partial charge in [0.15, 0.2) is 6.61 Å². The van der Waals surface area contributed by atoms with Crippen molar-refractivity contribution in [2.24, 2.45) is 0 Å². The van der Waals surface area contributed by atoms with Crippen molar-refractivity contribution in [1.29, 1.82) is 0 Å². The Morgan fingerprint density at radius 3 is 2.62 bits per heavy atom. The van der Waals surface area contributed by atoms with E-state index in [2.05, 4.69) is 6.08 Å². The monoisotopic (exact) mass is 508 g/mol. The number of esters is 1. The van der Waals surface area contributed by atoms with Crippen LogP contribution in [0.25, 0.3) is 22.6 Å². The van der Waals surface area contributed by atoms with Crippen molar-refractivity contribution in [3.05, 3.63) is 106 Å². The van der Waals surface area contributed by atoms with E-state index >= 15 is 0 Å². The normalized spacial score (nSPS) is 17.2. The standard InChI is InChI=1S/C31H25ClN2O3/c1-19-16-21-6-2-5-9-27(21)34(19)28(35)18-37-31(36)29-24-7-3-4-8-26(24)33-30-22(12-15-25(29)30)17-20-10-13-23(32)14-11-20/h2-11,13-14,17,19H,12,15-16,18H2,1H3. The molecule has 6 heteroatoms. The topological polar surface area (TPSA) is 59.5 Å². The summed E-state index contributed by atoms with van der Waals surface area (Å²) in [7, 11) is 0. The molecule has 0 spiro atoms. The van der Waals surface area contributed by atoms with Gasteiger partial charge in [-0.25, -0.2) is 9.78 Å². The van der Waals surface area contributed by atoms with E-state index < -0.39 is 5.97 Å². The summed E-state index contributed by atoms with van der Waals surface area (Å²) < 4.78 is 5.67. The van der Waals surface area contributed by atoms with Gasteiger partial charge < -0.3 is 9.64 Å². The number of carbonyl (C=O) groups is 2. The van der Waals surface area contributed by atoms with Crippen LogP contribution in [0, 0.1) is 0 Å². The zero-order valence-electron chi connectivity index (χ0n) is 20.4. The fourth-order valence-electron chi connectivity index (χ4n) is 5.49. The van der Waals surface area contributed by atoms with Crippen molar-refractivity contribution in [2.45, 2.75) is 32.2 Å². The molecule has 0 saturated carbocycles. The first-order valence-corrected chi connectivity index (χ1v) is 12.8. The summed E-state index contributed by atoms with van der Waals surface area (Å²) in [6.07, 6.45) is 4.33. The lowest BCUT2D eigenvalue weighted by Gasteiger charge is -2.22. The highest BCUT2D eigenvalue weighted by Crippen LogP contribution is 2.38. The maximum Gasteiger partial charge on any atom is 0.339 e. The number of ether oxygens (including phenoxy) is 1. The number of nitrogens with zero attached hydrogens (tertiary/aromatic N) is 2. The van der Waals surface area contributed by atoms with Crippen molar-refractivity contribution in [3.8, 4) is 0 Å². The van der Waals surface area contributed by atoms with Gasteiger partial charge in [-0.05, 0) is 78.8 Å². The fourth-order valence-corrected chi connectivity index (χ4v) is 5.61. The average molecular weight is 509 g/mol. The lowest BCUT2D eigenvalue weighted by molar-refractivity contribution is -0.122. The predicted molar refractivity (Wildman–Crippen MR) is 147 cm³/mol. The number of anilines is 1. The molecule has 6 rings (SSSR count). The second-order valence-corrected chi connectivity index (χ2v) is 10.0. The van der Waals surface area contributed by atoms with Crippen LogP contribution in [0.2, 0.25) is 5.02 Å². The Labute approximate surface area is 220 Å². The largest absolute Gasteiger partial charge is 0.452 e. The van der Waals surface area contributed by atoms with E-state index in [0.29, 0.717) is 17.0 Å². The first-order chi connectivity index (χ1) is 18.0. The van der Waals surface area contributed by atoms with E-state index in [1.54, 1.807) is 4.90 Å². The van der Waals surface area contributed by atoms with Crippen LogP contribution in [0.4, 0.5) is 5.69 Å². The van der Waals surface area contributed by atoms with E-state index in [4.69, 9.17) is 21.3 Å². The molecular weight excluding hydrogens is 484 g/mol. The lowest BCUT2D eigenvalue weighted by Crippen LogP contribution is -2.38. The number of pyridine rings is 1. The van der Waals surface area contributed by atoms with Crippen LogP contribution >= 0.6 is 11.6 Å². The molecule has 5 nitrogen and oxygen atoms in total. The summed E-state index contributed by atoms with van der Waals surface area (Å²) in [5.74, 6) is -0.708. The van der Waals surface area contributed by atoms with Crippen LogP contribution in [0.15, 0.2) is 72.8 Å². The molecule has 1 aromatic heterocycles. The maximum absolute atomic E-state index is 13.5. The molecule has 184 valence electrons. The number of carbonyl (C=O) groups excluding carboxylic acids is 2. The summed E-state index contributed by atoms with van der Waals surface area (Å²) >= 11 is 6.05. The third-order valence-electron chi connectivity index (χ3n) is 7.16. The Morgan fingerprint density at radius 1 is 1.03 bits per heavy atom. The number of para-hydroxylation sites is 2. The number of allylic oxidation sites excluding steroid dienone is 1. The molecule has 1 amide bonds. The molecule has 0 radical (unpaired) electrons. The minimum Gasteiger partial charge on any atom is -0.452 e. The Kier molecular flexibility index (Phi) is 6.01. The second-order valence-electron chi connectivity index (χ2n) is 9.57. The first kappa shape index (κ1) is 23.4. The van der Waals surface area contributed by atoms with E-state index in [-0.39, 0.29) is 18.6 Å². The van der Waals surface area contributed by atoms with Crippen molar-refractivity contribution in [2.75, 3.05) is 11.5 Å².